The van der Waals surface area contributed by atoms with Gasteiger partial charge in [0, 0.05) is 6.54 Å². The predicted molar refractivity (Wildman–Crippen MR) is 150 cm³/mol. The Hall–Kier alpha value is -3.75. The lowest BCUT2D eigenvalue weighted by molar-refractivity contribution is -0.135. The van der Waals surface area contributed by atoms with Crippen molar-refractivity contribution < 1.29 is 54.0 Å². The molecule has 0 saturated heterocycles. The van der Waals surface area contributed by atoms with Crippen molar-refractivity contribution in [1.82, 2.24) is 31.9 Å². The minimum Gasteiger partial charge on any atom is -0.394 e. The molecule has 19 nitrogen and oxygen atoms in total. The molecule has 14 N–H and O–H groups in total. The summed E-state index contributed by atoms with van der Waals surface area (Å²) in [5.74, 6) is -3.97. The van der Waals surface area contributed by atoms with E-state index in [4.69, 9.17) is 21.7 Å². The van der Waals surface area contributed by atoms with Crippen molar-refractivity contribution in [3.63, 3.8) is 0 Å². The lowest BCUT2D eigenvalue weighted by atomic mass is 10.1. The number of likely N-dealkylation sites (N-methyl/N-ethyl adjacent to an activating group) is 1. The van der Waals surface area contributed by atoms with Crippen LogP contribution in [0.1, 0.15) is 34.6 Å². The Morgan fingerprint density at radius 3 is 1.49 bits per heavy atom. The third kappa shape index (κ3) is 16.5. The zero-order chi connectivity index (χ0) is 33.9. The van der Waals surface area contributed by atoms with Crippen LogP contribution in [0.2, 0.25) is 0 Å². The Balaban J connectivity index is 0. The normalized spacial score (nSPS) is 16.1. The van der Waals surface area contributed by atoms with Crippen molar-refractivity contribution in [1.29, 1.82) is 0 Å². The van der Waals surface area contributed by atoms with Gasteiger partial charge in [0.05, 0.1) is 32.0 Å². The van der Waals surface area contributed by atoms with Crippen LogP contribution in [0.4, 0.5) is 0 Å². The summed E-state index contributed by atoms with van der Waals surface area (Å²) in [5.41, 5.74) is 10.6. The number of rotatable bonds is 17. The molecule has 0 aromatic carbocycles. The average molecular weight is 623 g/mol. The predicted octanol–water partition coefficient (Wildman–Crippen LogP) is -7.20. The lowest BCUT2D eigenvalue weighted by Gasteiger charge is -2.23. The van der Waals surface area contributed by atoms with Crippen molar-refractivity contribution in [3.8, 4) is 0 Å². The van der Waals surface area contributed by atoms with Crippen molar-refractivity contribution in [2.45, 2.75) is 83.0 Å². The highest BCUT2D eigenvalue weighted by Gasteiger charge is 2.29. The summed E-state index contributed by atoms with van der Waals surface area (Å²) in [6, 6.07) is -7.59. The van der Waals surface area contributed by atoms with Crippen LogP contribution < -0.4 is 43.4 Å². The number of carbonyl (C=O) groups is 7. The first-order valence-electron chi connectivity index (χ1n) is 13.3. The van der Waals surface area contributed by atoms with Crippen LogP contribution in [-0.2, 0) is 33.6 Å². The number of aliphatic hydroxyl groups excluding tert-OH is 4. The number of aldehydes is 1. The van der Waals surface area contributed by atoms with Crippen molar-refractivity contribution >= 4 is 41.7 Å². The van der Waals surface area contributed by atoms with Crippen LogP contribution >= 0.6 is 0 Å². The Labute approximate surface area is 248 Å². The van der Waals surface area contributed by atoms with Crippen LogP contribution in [0.3, 0.4) is 0 Å². The summed E-state index contributed by atoms with van der Waals surface area (Å²) >= 11 is 0. The van der Waals surface area contributed by atoms with Crippen LogP contribution in [0.25, 0.3) is 0 Å². The van der Waals surface area contributed by atoms with Crippen LogP contribution in [0, 0.1) is 0 Å². The van der Waals surface area contributed by atoms with E-state index in [1.165, 1.54) is 20.8 Å². The molecule has 8 atom stereocenters. The van der Waals surface area contributed by atoms with Gasteiger partial charge in [-0.1, -0.05) is 0 Å². The molecule has 0 rings (SSSR count). The van der Waals surface area contributed by atoms with E-state index in [-0.39, 0.29) is 12.2 Å². The lowest BCUT2D eigenvalue weighted by Crippen LogP contribution is -2.59. The molecule has 43 heavy (non-hydrogen) atoms. The van der Waals surface area contributed by atoms with E-state index in [2.05, 4.69) is 31.9 Å². The summed E-state index contributed by atoms with van der Waals surface area (Å²) < 4.78 is 0. The topological polar surface area (TPSA) is 325 Å². The Morgan fingerprint density at radius 1 is 0.651 bits per heavy atom. The van der Waals surface area contributed by atoms with E-state index in [0.717, 1.165) is 0 Å². The van der Waals surface area contributed by atoms with Crippen LogP contribution in [-0.4, -0.2) is 137 Å². The van der Waals surface area contributed by atoms with Gasteiger partial charge in [0.25, 0.3) is 0 Å². The molecule has 19 heteroatoms. The molecule has 0 aromatic heterocycles. The Bertz CT molecular complexity index is 935. The summed E-state index contributed by atoms with van der Waals surface area (Å²) in [5, 5.41) is 50.2. The fourth-order valence-corrected chi connectivity index (χ4v) is 2.70. The van der Waals surface area contributed by atoms with E-state index in [1.54, 1.807) is 13.8 Å². The fraction of sp³-hybridized carbons (Fsp3) is 0.708. The third-order valence-electron chi connectivity index (χ3n) is 5.41. The standard InChI is InChI=1S/C13H24N4O8.C11H22N4O3/c1-6(22)8(3-19)15-12(24)10(5-21)17-13(25)9(4-20)16-11(23)7(14)2-18;1-5-13-10(17)7(3)15-11(18)8(4)14-9(16)6(2)12/h3,6-10,18,20-22H,2,4-5,14H2,1H3,(H,15,24)(H,16,23)(H,17,25);6-8H,5,12H2,1-4H3,(H,13,17)(H,14,16)(H,15,18)/t6-,7+,8-,9+,10+;6-,7-,8-/m10/s1. The molecule has 0 heterocycles. The van der Waals surface area contributed by atoms with E-state index in [0.29, 0.717) is 6.54 Å². The average Bonchev–Trinajstić information content (AvgIpc) is 2.96. The number of hydrogen-bond acceptors (Lipinski definition) is 13. The summed E-state index contributed by atoms with van der Waals surface area (Å²) in [4.78, 5) is 80.5. The van der Waals surface area contributed by atoms with E-state index in [9.17, 15) is 43.8 Å². The van der Waals surface area contributed by atoms with Gasteiger partial charge in [0.1, 0.15) is 42.5 Å². The highest BCUT2D eigenvalue weighted by Crippen LogP contribution is 1.94. The second kappa shape index (κ2) is 21.9. The fourth-order valence-electron chi connectivity index (χ4n) is 2.70. The number of aliphatic hydroxyl groups is 4. The van der Waals surface area contributed by atoms with Gasteiger partial charge in [-0.25, -0.2) is 0 Å². The zero-order valence-corrected chi connectivity index (χ0v) is 24.8. The van der Waals surface area contributed by atoms with Gasteiger partial charge in [0.15, 0.2) is 0 Å². The third-order valence-corrected chi connectivity index (χ3v) is 5.41. The zero-order valence-electron chi connectivity index (χ0n) is 24.8. The summed E-state index contributed by atoms with van der Waals surface area (Å²) in [6.07, 6.45) is -0.910. The maximum Gasteiger partial charge on any atom is 0.245 e. The molecule has 0 saturated carbocycles. The molecule has 0 aliphatic rings. The molecule has 0 unspecified atom stereocenters. The first-order valence-corrected chi connectivity index (χ1v) is 13.3. The molecule has 0 aliphatic carbocycles. The summed E-state index contributed by atoms with van der Waals surface area (Å²) in [7, 11) is 0. The monoisotopic (exact) mass is 622 g/mol. The maximum absolute atomic E-state index is 12.0. The van der Waals surface area contributed by atoms with Crippen LogP contribution in [0.15, 0.2) is 0 Å². The van der Waals surface area contributed by atoms with Gasteiger partial charge in [-0.15, -0.1) is 0 Å². The first-order chi connectivity index (χ1) is 20.0. The molecule has 0 radical (unpaired) electrons. The molecular weight excluding hydrogens is 576 g/mol. The first kappa shape index (κ1) is 41.4. The molecule has 0 fully saturated rings. The largest absolute Gasteiger partial charge is 0.394 e. The Morgan fingerprint density at radius 2 is 1.09 bits per heavy atom. The van der Waals surface area contributed by atoms with Gasteiger partial charge in [-0.2, -0.15) is 0 Å². The van der Waals surface area contributed by atoms with Gasteiger partial charge in [0.2, 0.25) is 35.4 Å². The number of nitrogens with two attached hydrogens (primary N) is 2. The molecule has 0 aliphatic heterocycles. The van der Waals surface area contributed by atoms with Gasteiger partial charge >= 0.3 is 0 Å². The van der Waals surface area contributed by atoms with Crippen molar-refractivity contribution in [2.24, 2.45) is 11.5 Å². The Kier molecular flexibility index (Phi) is 21.1. The van der Waals surface area contributed by atoms with Gasteiger partial charge < -0.3 is 68.6 Å². The van der Waals surface area contributed by atoms with Crippen molar-refractivity contribution in [3.05, 3.63) is 0 Å². The molecular formula is C24H46N8O11. The molecule has 6 amide bonds. The van der Waals surface area contributed by atoms with E-state index in [1.807, 2.05) is 0 Å². The smallest absolute Gasteiger partial charge is 0.245 e. The van der Waals surface area contributed by atoms with Crippen LogP contribution in [0.5, 0.6) is 0 Å². The molecule has 248 valence electrons. The highest BCUT2D eigenvalue weighted by atomic mass is 16.3. The number of carbonyl (C=O) groups excluding carboxylic acids is 7. The summed E-state index contributed by atoms with van der Waals surface area (Å²) in [6.45, 7) is 5.81. The minimum absolute atomic E-state index is 0.267. The maximum atomic E-state index is 12.0. The quantitative estimate of drug-likeness (QED) is 0.0672. The number of hydrogen-bond donors (Lipinski definition) is 12. The van der Waals surface area contributed by atoms with E-state index >= 15 is 0 Å². The number of nitrogens with one attached hydrogen (secondary N) is 6. The second-order valence-electron chi connectivity index (χ2n) is 9.33. The molecule has 0 spiro atoms. The second-order valence-corrected chi connectivity index (χ2v) is 9.33. The highest BCUT2D eigenvalue weighted by molar-refractivity contribution is 5.94. The molecule has 0 aromatic rings. The van der Waals surface area contributed by atoms with Crippen molar-refractivity contribution in [2.75, 3.05) is 26.4 Å². The SMILES string of the molecule is CCNC(=O)[C@H](C)NC(=O)[C@H](C)NC(=O)[C@H](C)N.C[C@@H](O)[C@@H](C=O)NC(=O)[C@H](CO)NC(=O)[C@H](CO)NC(=O)[C@@H](N)CO. The van der Waals surface area contributed by atoms with Gasteiger partial charge in [-0.3, -0.25) is 28.8 Å². The van der Waals surface area contributed by atoms with E-state index < -0.39 is 97.8 Å². The minimum atomic E-state index is -1.49. The molecule has 0 bridgehead atoms. The number of amides is 6. The van der Waals surface area contributed by atoms with Gasteiger partial charge in [-0.05, 0) is 34.6 Å².